The van der Waals surface area contributed by atoms with Crippen molar-refractivity contribution >= 4 is 11.9 Å². The predicted octanol–water partition coefficient (Wildman–Crippen LogP) is 1.21. The first-order valence-corrected chi connectivity index (χ1v) is 8.16. The van der Waals surface area contributed by atoms with Gasteiger partial charge in [-0.2, -0.15) is 5.10 Å². The smallest absolute Gasteiger partial charge is 0.306 e. The summed E-state index contributed by atoms with van der Waals surface area (Å²) in [6.45, 7) is 1.59. The van der Waals surface area contributed by atoms with Crippen LogP contribution in [0, 0.1) is 11.8 Å². The van der Waals surface area contributed by atoms with Crippen LogP contribution in [-0.4, -0.2) is 51.4 Å². The van der Waals surface area contributed by atoms with E-state index in [9.17, 15) is 14.7 Å². The number of rotatable bonds is 3. The second-order valence-corrected chi connectivity index (χ2v) is 6.49. The summed E-state index contributed by atoms with van der Waals surface area (Å²) in [5.74, 6) is -1.25. The molecule has 1 saturated carbocycles. The third-order valence-corrected chi connectivity index (χ3v) is 4.85. The average molecular weight is 321 g/mol. The van der Waals surface area contributed by atoms with Gasteiger partial charge in [0.25, 0.3) is 0 Å². The molecule has 2 aliphatic rings. The lowest BCUT2D eigenvalue weighted by Crippen LogP contribution is -2.46. The molecule has 1 aliphatic heterocycles. The van der Waals surface area contributed by atoms with Gasteiger partial charge in [-0.3, -0.25) is 14.3 Å². The van der Waals surface area contributed by atoms with Crippen LogP contribution in [0.5, 0.6) is 0 Å². The highest BCUT2D eigenvalue weighted by atomic mass is 16.5. The molecule has 0 spiro atoms. The van der Waals surface area contributed by atoms with Crippen LogP contribution in [0.4, 0.5) is 0 Å². The standard InChI is InChI=1S/C16H23N3O4/c1-18-9-13(8-17-18)14-10-19(5-6-23-14)15(20)11-3-2-4-12(7-11)16(21)22/h8-9,11-12,14H,2-7,10H2,1H3,(H,21,22). The number of amides is 1. The van der Waals surface area contributed by atoms with E-state index in [4.69, 9.17) is 4.74 Å². The van der Waals surface area contributed by atoms with Crippen molar-refractivity contribution in [3.63, 3.8) is 0 Å². The summed E-state index contributed by atoms with van der Waals surface area (Å²) in [4.78, 5) is 25.8. The molecule has 7 heteroatoms. The number of hydrogen-bond acceptors (Lipinski definition) is 4. The molecule has 0 radical (unpaired) electrons. The van der Waals surface area contributed by atoms with Gasteiger partial charge >= 0.3 is 5.97 Å². The Morgan fingerprint density at radius 3 is 2.83 bits per heavy atom. The number of nitrogens with zero attached hydrogens (tertiary/aromatic N) is 3. The molecule has 2 heterocycles. The topological polar surface area (TPSA) is 84.7 Å². The second kappa shape index (κ2) is 6.70. The number of ether oxygens (including phenoxy) is 1. The number of aliphatic carboxylic acids is 1. The van der Waals surface area contributed by atoms with Crippen LogP contribution >= 0.6 is 0 Å². The third kappa shape index (κ3) is 3.55. The zero-order valence-corrected chi connectivity index (χ0v) is 13.4. The van der Waals surface area contributed by atoms with Gasteiger partial charge in [-0.05, 0) is 19.3 Å². The average Bonchev–Trinajstić information content (AvgIpc) is 3.01. The molecule has 1 N–H and O–H groups in total. The fourth-order valence-electron chi connectivity index (χ4n) is 3.55. The van der Waals surface area contributed by atoms with Crippen LogP contribution in [0.2, 0.25) is 0 Å². The van der Waals surface area contributed by atoms with E-state index >= 15 is 0 Å². The van der Waals surface area contributed by atoms with Gasteiger partial charge in [-0.15, -0.1) is 0 Å². The molecule has 1 aromatic heterocycles. The highest BCUT2D eigenvalue weighted by Gasteiger charge is 2.35. The van der Waals surface area contributed by atoms with E-state index in [0.29, 0.717) is 32.5 Å². The number of aryl methyl sites for hydroxylation is 1. The molecule has 1 amide bonds. The fourth-order valence-corrected chi connectivity index (χ4v) is 3.55. The van der Waals surface area contributed by atoms with Gasteiger partial charge in [0.1, 0.15) is 6.10 Å². The lowest BCUT2D eigenvalue weighted by atomic mass is 9.80. The molecule has 1 aliphatic carbocycles. The Balaban J connectivity index is 1.63. The van der Waals surface area contributed by atoms with Gasteiger partial charge in [0.15, 0.2) is 0 Å². The molecule has 0 aromatic carbocycles. The molecule has 3 atom stereocenters. The van der Waals surface area contributed by atoms with Crippen molar-refractivity contribution in [2.24, 2.45) is 18.9 Å². The zero-order chi connectivity index (χ0) is 16.4. The van der Waals surface area contributed by atoms with Crippen LogP contribution in [0.3, 0.4) is 0 Å². The van der Waals surface area contributed by atoms with Gasteiger partial charge in [-0.1, -0.05) is 6.42 Å². The van der Waals surface area contributed by atoms with Gasteiger partial charge in [-0.25, -0.2) is 0 Å². The molecule has 2 fully saturated rings. The Morgan fingerprint density at radius 1 is 1.35 bits per heavy atom. The van der Waals surface area contributed by atoms with E-state index in [0.717, 1.165) is 18.4 Å². The quantitative estimate of drug-likeness (QED) is 0.904. The van der Waals surface area contributed by atoms with Crippen LogP contribution < -0.4 is 0 Å². The van der Waals surface area contributed by atoms with Crippen molar-refractivity contribution in [3.8, 4) is 0 Å². The Labute approximate surface area is 135 Å². The largest absolute Gasteiger partial charge is 0.481 e. The summed E-state index contributed by atoms with van der Waals surface area (Å²) in [5.41, 5.74) is 0.969. The summed E-state index contributed by atoms with van der Waals surface area (Å²) in [7, 11) is 1.85. The van der Waals surface area contributed by atoms with E-state index in [1.807, 2.05) is 18.1 Å². The van der Waals surface area contributed by atoms with Crippen molar-refractivity contribution in [1.82, 2.24) is 14.7 Å². The lowest BCUT2D eigenvalue weighted by Gasteiger charge is -2.36. The Morgan fingerprint density at radius 2 is 2.13 bits per heavy atom. The minimum atomic E-state index is -0.780. The number of carboxylic acids is 1. The van der Waals surface area contributed by atoms with Gasteiger partial charge in [0.05, 0.1) is 25.3 Å². The lowest BCUT2D eigenvalue weighted by molar-refractivity contribution is -0.148. The third-order valence-electron chi connectivity index (χ3n) is 4.85. The predicted molar refractivity (Wildman–Crippen MR) is 81.6 cm³/mol. The maximum Gasteiger partial charge on any atom is 0.306 e. The summed E-state index contributed by atoms with van der Waals surface area (Å²) < 4.78 is 7.48. The summed E-state index contributed by atoms with van der Waals surface area (Å²) in [6, 6.07) is 0. The van der Waals surface area contributed by atoms with Gasteiger partial charge in [0.2, 0.25) is 5.91 Å². The highest BCUT2D eigenvalue weighted by Crippen LogP contribution is 2.32. The number of carboxylic acid groups (broad SMARTS) is 1. The van der Waals surface area contributed by atoms with Crippen molar-refractivity contribution in [3.05, 3.63) is 18.0 Å². The van der Waals surface area contributed by atoms with Crippen molar-refractivity contribution in [1.29, 1.82) is 0 Å². The van der Waals surface area contributed by atoms with Gasteiger partial charge in [0, 0.05) is 31.3 Å². The first-order valence-electron chi connectivity index (χ1n) is 8.16. The van der Waals surface area contributed by atoms with Crippen LogP contribution in [0.15, 0.2) is 12.4 Å². The molecular weight excluding hydrogens is 298 g/mol. The number of hydrogen-bond donors (Lipinski definition) is 1. The number of aromatic nitrogens is 2. The SMILES string of the molecule is Cn1cc(C2CN(C(=O)C3CCCC(C(=O)O)C3)CCO2)cn1. The number of morpholine rings is 1. The minimum absolute atomic E-state index is 0.0770. The van der Waals surface area contributed by atoms with Crippen molar-refractivity contribution in [2.75, 3.05) is 19.7 Å². The summed E-state index contributed by atoms with van der Waals surface area (Å²) in [6.07, 6.45) is 6.25. The molecule has 3 unspecified atom stereocenters. The van der Waals surface area contributed by atoms with E-state index in [2.05, 4.69) is 5.10 Å². The van der Waals surface area contributed by atoms with Crippen LogP contribution in [0.1, 0.15) is 37.4 Å². The number of carbonyl (C=O) groups is 2. The first-order chi connectivity index (χ1) is 11.0. The second-order valence-electron chi connectivity index (χ2n) is 6.49. The summed E-state index contributed by atoms with van der Waals surface area (Å²) in [5, 5.41) is 13.3. The first kappa shape index (κ1) is 16.0. The molecule has 0 bridgehead atoms. The molecule has 1 saturated heterocycles. The Hall–Kier alpha value is -1.89. The van der Waals surface area contributed by atoms with Crippen LogP contribution in [-0.2, 0) is 21.4 Å². The molecule has 3 rings (SSSR count). The monoisotopic (exact) mass is 321 g/mol. The molecule has 23 heavy (non-hydrogen) atoms. The van der Waals surface area contributed by atoms with E-state index in [1.165, 1.54) is 0 Å². The van der Waals surface area contributed by atoms with E-state index < -0.39 is 5.97 Å². The van der Waals surface area contributed by atoms with Crippen molar-refractivity contribution in [2.45, 2.75) is 31.8 Å². The molecule has 1 aromatic rings. The maximum atomic E-state index is 12.8. The van der Waals surface area contributed by atoms with E-state index in [1.54, 1.807) is 10.9 Å². The fraction of sp³-hybridized carbons (Fsp3) is 0.688. The zero-order valence-electron chi connectivity index (χ0n) is 13.4. The van der Waals surface area contributed by atoms with E-state index in [-0.39, 0.29) is 23.8 Å². The van der Waals surface area contributed by atoms with Crippen LogP contribution in [0.25, 0.3) is 0 Å². The molecule has 126 valence electrons. The molecule has 7 nitrogen and oxygen atoms in total. The van der Waals surface area contributed by atoms with Gasteiger partial charge < -0.3 is 14.7 Å². The summed E-state index contributed by atoms with van der Waals surface area (Å²) >= 11 is 0. The maximum absolute atomic E-state index is 12.8. The molecular formula is C16H23N3O4. The highest BCUT2D eigenvalue weighted by molar-refractivity contribution is 5.80. The minimum Gasteiger partial charge on any atom is -0.481 e. The normalized spacial score (nSPS) is 28.6. The van der Waals surface area contributed by atoms with Crippen molar-refractivity contribution < 1.29 is 19.4 Å². The Bertz CT molecular complexity index is 586. The Kier molecular flexibility index (Phi) is 4.66. The number of carbonyl (C=O) groups excluding carboxylic acids is 1.